The number of ether oxygens (including phenoxy) is 5. The van der Waals surface area contributed by atoms with Gasteiger partial charge in [-0.05, 0) is 67.7 Å². The van der Waals surface area contributed by atoms with Gasteiger partial charge in [0.2, 0.25) is 5.75 Å². The van der Waals surface area contributed by atoms with Crippen molar-refractivity contribution < 1.29 is 38.1 Å². The molecule has 10 heteroatoms. The zero-order chi connectivity index (χ0) is 29.0. The smallest absolute Gasteiger partial charge is 0.254 e. The van der Waals surface area contributed by atoms with E-state index in [1.54, 1.807) is 36.2 Å². The number of carbonyl (C=O) groups excluding carboxylic acids is 3. The number of carbonyl (C=O) groups is 3. The predicted octanol–water partition coefficient (Wildman–Crippen LogP) is 3.39. The molecule has 2 aromatic rings. The summed E-state index contributed by atoms with van der Waals surface area (Å²) in [4.78, 5) is 43.2. The van der Waals surface area contributed by atoms with Gasteiger partial charge in [0.15, 0.2) is 28.8 Å². The Labute approximate surface area is 234 Å². The number of hydrogen-bond donors (Lipinski definition) is 0. The van der Waals surface area contributed by atoms with Crippen LogP contribution in [0.25, 0.3) is 6.08 Å². The van der Waals surface area contributed by atoms with Gasteiger partial charge >= 0.3 is 0 Å². The fourth-order valence-electron chi connectivity index (χ4n) is 5.32. The molecular weight excluding hydrogens is 516 g/mol. The fraction of sp³-hybridized carbons (Fsp3) is 0.433. The number of nitrogens with zero attached hydrogens (tertiary/aromatic N) is 2. The maximum atomic E-state index is 13.8. The zero-order valence-electron chi connectivity index (χ0n) is 23.9. The molecule has 1 saturated heterocycles. The van der Waals surface area contributed by atoms with Crippen LogP contribution in [0.15, 0.2) is 29.8 Å². The number of fused-ring (bicyclic) bond motifs is 1. The van der Waals surface area contributed by atoms with Crippen LogP contribution in [0.5, 0.6) is 28.7 Å². The molecule has 2 aromatic carbocycles. The fourth-order valence-corrected chi connectivity index (χ4v) is 5.32. The van der Waals surface area contributed by atoms with E-state index in [1.165, 1.54) is 28.3 Å². The third-order valence-electron chi connectivity index (χ3n) is 7.45. The van der Waals surface area contributed by atoms with Gasteiger partial charge in [0, 0.05) is 30.8 Å². The average Bonchev–Trinajstić information content (AvgIpc) is 3.20. The number of aryl methyl sites for hydroxylation is 1. The van der Waals surface area contributed by atoms with Crippen LogP contribution in [-0.4, -0.2) is 88.6 Å². The molecule has 1 fully saturated rings. The summed E-state index contributed by atoms with van der Waals surface area (Å²) in [5.41, 5.74) is 2.93. The number of rotatable bonds is 8. The zero-order valence-corrected chi connectivity index (χ0v) is 23.9. The molecule has 2 amide bonds. The monoisotopic (exact) mass is 552 g/mol. The molecule has 40 heavy (non-hydrogen) atoms. The van der Waals surface area contributed by atoms with Gasteiger partial charge in [-0.15, -0.1) is 0 Å². The molecule has 0 radical (unpaired) electrons. The minimum absolute atomic E-state index is 0.0887. The lowest BCUT2D eigenvalue weighted by Crippen LogP contribution is -2.59. The van der Waals surface area contributed by atoms with Gasteiger partial charge < -0.3 is 33.5 Å². The van der Waals surface area contributed by atoms with Crippen LogP contribution >= 0.6 is 0 Å². The Balaban J connectivity index is 1.58. The number of Topliss-reactive ketones (excluding diaryl/α,β-unsaturated/α-hetero) is 1. The van der Waals surface area contributed by atoms with Crippen LogP contribution in [0.4, 0.5) is 0 Å². The van der Waals surface area contributed by atoms with E-state index in [9.17, 15) is 14.4 Å². The molecule has 1 atom stereocenters. The summed E-state index contributed by atoms with van der Waals surface area (Å²) in [6, 6.07) is 6.23. The van der Waals surface area contributed by atoms with Crippen molar-refractivity contribution in [2.45, 2.75) is 32.2 Å². The number of ketones is 1. The van der Waals surface area contributed by atoms with Crippen molar-refractivity contribution in [3.63, 3.8) is 0 Å². The molecule has 10 nitrogen and oxygen atoms in total. The van der Waals surface area contributed by atoms with E-state index in [0.717, 1.165) is 24.0 Å². The second-order valence-electron chi connectivity index (χ2n) is 9.72. The van der Waals surface area contributed by atoms with E-state index >= 15 is 0 Å². The second-order valence-corrected chi connectivity index (χ2v) is 9.72. The molecule has 0 N–H and O–H groups in total. The van der Waals surface area contributed by atoms with Gasteiger partial charge in [0.25, 0.3) is 11.8 Å². The Morgan fingerprint density at radius 2 is 1.38 bits per heavy atom. The number of methoxy groups -OCH3 is 5. The largest absolute Gasteiger partial charge is 0.493 e. The Morgan fingerprint density at radius 3 is 1.95 bits per heavy atom. The third-order valence-corrected chi connectivity index (χ3v) is 7.45. The first-order valence-electron chi connectivity index (χ1n) is 13.1. The predicted molar refractivity (Wildman–Crippen MR) is 149 cm³/mol. The van der Waals surface area contributed by atoms with Gasteiger partial charge in [-0.2, -0.15) is 0 Å². The minimum atomic E-state index is -0.763. The van der Waals surface area contributed by atoms with Crippen molar-refractivity contribution in [2.24, 2.45) is 0 Å². The first-order chi connectivity index (χ1) is 19.3. The van der Waals surface area contributed by atoms with E-state index in [2.05, 4.69) is 0 Å². The van der Waals surface area contributed by atoms with Gasteiger partial charge in [0.1, 0.15) is 6.04 Å². The lowest BCUT2D eigenvalue weighted by Gasteiger charge is -2.40. The van der Waals surface area contributed by atoms with Crippen molar-refractivity contribution in [2.75, 3.05) is 55.2 Å². The van der Waals surface area contributed by atoms with E-state index in [1.807, 2.05) is 18.2 Å². The summed E-state index contributed by atoms with van der Waals surface area (Å²) in [5.74, 6) is 1.67. The molecule has 1 unspecified atom stereocenters. The van der Waals surface area contributed by atoms with Crippen molar-refractivity contribution in [1.82, 2.24) is 9.80 Å². The van der Waals surface area contributed by atoms with Crippen molar-refractivity contribution in [3.05, 3.63) is 46.5 Å². The Morgan fingerprint density at radius 1 is 0.750 bits per heavy atom. The minimum Gasteiger partial charge on any atom is -0.493 e. The van der Waals surface area contributed by atoms with E-state index in [-0.39, 0.29) is 37.2 Å². The summed E-state index contributed by atoms with van der Waals surface area (Å²) < 4.78 is 27.0. The van der Waals surface area contributed by atoms with Crippen LogP contribution in [0.2, 0.25) is 0 Å². The first kappa shape index (κ1) is 28.8. The lowest BCUT2D eigenvalue weighted by molar-refractivity contribution is -0.138. The molecule has 1 aliphatic carbocycles. The molecule has 0 saturated carbocycles. The third kappa shape index (κ3) is 5.57. The first-order valence-corrected chi connectivity index (χ1v) is 13.1. The van der Waals surface area contributed by atoms with Crippen LogP contribution < -0.4 is 23.7 Å². The number of piperazine rings is 1. The Kier molecular flexibility index (Phi) is 8.86. The number of hydrogen-bond acceptors (Lipinski definition) is 8. The standard InChI is InChI=1S/C30H36N2O8/c1-18(33)23-17-31(29(34)22-15-26(38-4)28(40-6)27(16-22)39-5)10-11-32(23)30(35)20-9-7-8-19-13-24(36-2)25(37-3)14-21(19)12-20/h12-16,23H,7-11,17H2,1-6H3. The molecule has 1 heterocycles. The summed E-state index contributed by atoms with van der Waals surface area (Å²) in [6.45, 7) is 2.05. The van der Waals surface area contributed by atoms with E-state index in [4.69, 9.17) is 23.7 Å². The highest BCUT2D eigenvalue weighted by Gasteiger charge is 2.37. The quantitative estimate of drug-likeness (QED) is 0.491. The van der Waals surface area contributed by atoms with Crippen molar-refractivity contribution in [3.8, 4) is 28.7 Å². The molecule has 0 aromatic heterocycles. The van der Waals surface area contributed by atoms with Crippen molar-refractivity contribution >= 4 is 23.7 Å². The molecular formula is C30H36N2O8. The number of benzene rings is 2. The van der Waals surface area contributed by atoms with E-state index in [0.29, 0.717) is 46.3 Å². The van der Waals surface area contributed by atoms with Gasteiger partial charge in [-0.3, -0.25) is 14.4 Å². The van der Waals surface area contributed by atoms with Crippen LogP contribution in [-0.2, 0) is 16.0 Å². The van der Waals surface area contributed by atoms with E-state index < -0.39 is 6.04 Å². The molecule has 214 valence electrons. The molecule has 2 aliphatic rings. The average molecular weight is 553 g/mol. The normalized spacial score (nSPS) is 16.8. The SMILES string of the molecule is COc1cc2c(cc1OC)CCCC(C(=O)N1CCN(C(=O)c3cc(OC)c(OC)c(OC)c3)CC1C(C)=O)=C2. The second kappa shape index (κ2) is 12.3. The number of amides is 2. The lowest BCUT2D eigenvalue weighted by atomic mass is 10.0. The van der Waals surface area contributed by atoms with Crippen LogP contribution in [0.3, 0.4) is 0 Å². The highest BCUT2D eigenvalue weighted by Crippen LogP contribution is 2.39. The maximum Gasteiger partial charge on any atom is 0.254 e. The Hall–Kier alpha value is -4.21. The molecule has 4 rings (SSSR count). The highest BCUT2D eigenvalue weighted by molar-refractivity contribution is 6.02. The molecule has 1 aliphatic heterocycles. The maximum absolute atomic E-state index is 13.8. The van der Waals surface area contributed by atoms with Gasteiger partial charge in [-0.1, -0.05) is 0 Å². The molecule has 0 spiro atoms. The van der Waals surface area contributed by atoms with Crippen LogP contribution in [0.1, 0.15) is 41.3 Å². The summed E-state index contributed by atoms with van der Waals surface area (Å²) in [5, 5.41) is 0. The molecule has 0 bridgehead atoms. The summed E-state index contributed by atoms with van der Waals surface area (Å²) in [6.07, 6.45) is 4.03. The topological polar surface area (TPSA) is 104 Å². The van der Waals surface area contributed by atoms with Gasteiger partial charge in [0.05, 0.1) is 35.5 Å². The highest BCUT2D eigenvalue weighted by atomic mass is 16.5. The Bertz CT molecular complexity index is 1310. The summed E-state index contributed by atoms with van der Waals surface area (Å²) >= 11 is 0. The van der Waals surface area contributed by atoms with Gasteiger partial charge in [-0.25, -0.2) is 0 Å². The van der Waals surface area contributed by atoms with Crippen LogP contribution in [0, 0.1) is 0 Å². The van der Waals surface area contributed by atoms with Crippen molar-refractivity contribution in [1.29, 1.82) is 0 Å². The summed E-state index contributed by atoms with van der Waals surface area (Å²) in [7, 11) is 7.63.